The Labute approximate surface area is 137 Å². The number of nitrogens with zero attached hydrogens (tertiary/aromatic N) is 1. The van der Waals surface area contributed by atoms with Crippen LogP contribution in [0.15, 0.2) is 30.3 Å². The number of hydrogen-bond donors (Lipinski definition) is 2. The number of nitrogens with two attached hydrogens (primary N) is 1. The average Bonchev–Trinajstić information content (AvgIpc) is 2.58. The number of carbonyl (C=O) groups excluding carboxylic acids is 2. The predicted molar refractivity (Wildman–Crippen MR) is 87.6 cm³/mol. The van der Waals surface area contributed by atoms with Crippen LogP contribution in [-0.2, 0) is 16.1 Å². The van der Waals surface area contributed by atoms with Gasteiger partial charge in [-0.05, 0) is 31.7 Å². The predicted octanol–water partition coefficient (Wildman–Crippen LogP) is 1.64. The average molecular weight is 319 g/mol. The molecule has 1 aromatic carbocycles. The van der Waals surface area contributed by atoms with Crippen LogP contribution >= 0.6 is 0 Å². The van der Waals surface area contributed by atoms with E-state index in [4.69, 9.17) is 10.5 Å². The number of amides is 2. The van der Waals surface area contributed by atoms with Gasteiger partial charge in [-0.2, -0.15) is 0 Å². The Bertz CT molecular complexity index is 519. The Morgan fingerprint density at radius 3 is 2.78 bits per heavy atom. The first-order valence-electron chi connectivity index (χ1n) is 8.08. The summed E-state index contributed by atoms with van der Waals surface area (Å²) in [6.45, 7) is 3.02. The van der Waals surface area contributed by atoms with Crippen molar-refractivity contribution in [2.45, 2.75) is 44.9 Å². The van der Waals surface area contributed by atoms with E-state index >= 15 is 0 Å². The highest BCUT2D eigenvalue weighted by Crippen LogP contribution is 2.17. The maximum Gasteiger partial charge on any atom is 0.407 e. The Hall–Kier alpha value is -2.08. The number of rotatable bonds is 5. The molecule has 0 bridgehead atoms. The lowest BCUT2D eigenvalue weighted by atomic mass is 10.0. The van der Waals surface area contributed by atoms with Crippen molar-refractivity contribution in [3.63, 3.8) is 0 Å². The summed E-state index contributed by atoms with van der Waals surface area (Å²) in [4.78, 5) is 25.7. The number of alkyl carbamates (subject to hydrolysis) is 1. The minimum Gasteiger partial charge on any atom is -0.445 e. The van der Waals surface area contributed by atoms with E-state index < -0.39 is 12.1 Å². The van der Waals surface area contributed by atoms with Crippen LogP contribution in [0.25, 0.3) is 0 Å². The van der Waals surface area contributed by atoms with Crippen LogP contribution < -0.4 is 11.1 Å². The van der Waals surface area contributed by atoms with Gasteiger partial charge in [0, 0.05) is 19.1 Å². The van der Waals surface area contributed by atoms with E-state index in [9.17, 15) is 9.59 Å². The van der Waals surface area contributed by atoms with Crippen LogP contribution in [0.4, 0.5) is 4.79 Å². The normalized spacial score (nSPS) is 19.0. The van der Waals surface area contributed by atoms with E-state index in [1.807, 2.05) is 30.3 Å². The number of piperidine rings is 1. The second-order valence-electron chi connectivity index (χ2n) is 5.91. The van der Waals surface area contributed by atoms with Crippen molar-refractivity contribution in [1.82, 2.24) is 10.2 Å². The van der Waals surface area contributed by atoms with Gasteiger partial charge in [-0.25, -0.2) is 4.79 Å². The summed E-state index contributed by atoms with van der Waals surface area (Å²) in [6, 6.07) is 8.99. The molecule has 3 N–H and O–H groups in total. The minimum absolute atomic E-state index is 0.00785. The molecule has 2 amide bonds. The molecule has 0 spiro atoms. The fourth-order valence-corrected chi connectivity index (χ4v) is 2.74. The van der Waals surface area contributed by atoms with Gasteiger partial charge in [-0.15, -0.1) is 0 Å². The van der Waals surface area contributed by atoms with Gasteiger partial charge in [0.05, 0.1) is 6.04 Å². The lowest BCUT2D eigenvalue weighted by molar-refractivity contribution is -0.135. The van der Waals surface area contributed by atoms with Gasteiger partial charge in [0.2, 0.25) is 5.91 Å². The molecule has 1 unspecified atom stereocenters. The fourth-order valence-electron chi connectivity index (χ4n) is 2.74. The molecular formula is C17H25N3O3. The molecule has 126 valence electrons. The Morgan fingerprint density at radius 1 is 1.35 bits per heavy atom. The van der Waals surface area contributed by atoms with Crippen LogP contribution in [0.1, 0.15) is 31.7 Å². The molecule has 0 radical (unpaired) electrons. The summed E-state index contributed by atoms with van der Waals surface area (Å²) in [7, 11) is 0. The number of nitrogens with one attached hydrogen (secondary N) is 1. The first kappa shape index (κ1) is 17.3. The highest BCUT2D eigenvalue weighted by molar-refractivity contribution is 5.81. The van der Waals surface area contributed by atoms with Gasteiger partial charge in [0.25, 0.3) is 0 Å². The second-order valence-corrected chi connectivity index (χ2v) is 5.91. The van der Waals surface area contributed by atoms with Crippen LogP contribution in [0.2, 0.25) is 0 Å². The summed E-state index contributed by atoms with van der Waals surface area (Å²) < 4.78 is 5.18. The Balaban J connectivity index is 1.78. The van der Waals surface area contributed by atoms with Gasteiger partial charge < -0.3 is 20.7 Å². The van der Waals surface area contributed by atoms with Gasteiger partial charge >= 0.3 is 6.09 Å². The van der Waals surface area contributed by atoms with E-state index in [-0.39, 0.29) is 18.6 Å². The summed E-state index contributed by atoms with van der Waals surface area (Å²) >= 11 is 0. The molecule has 1 aliphatic rings. The van der Waals surface area contributed by atoms with E-state index in [0.29, 0.717) is 13.1 Å². The second kappa shape index (κ2) is 8.53. The monoisotopic (exact) mass is 319 g/mol. The minimum atomic E-state index is -0.513. The molecule has 1 aliphatic heterocycles. The molecular weight excluding hydrogens is 294 g/mol. The number of benzene rings is 1. The van der Waals surface area contributed by atoms with Crippen LogP contribution in [0.5, 0.6) is 0 Å². The SMILES string of the molecule is C[C@H](N)C(=O)N1CCCCC1CNC(=O)OCc1ccccc1. The lowest BCUT2D eigenvalue weighted by Gasteiger charge is -2.36. The number of likely N-dealkylation sites (tertiary alicyclic amines) is 1. The highest BCUT2D eigenvalue weighted by Gasteiger charge is 2.28. The molecule has 23 heavy (non-hydrogen) atoms. The maximum absolute atomic E-state index is 12.1. The topological polar surface area (TPSA) is 84.7 Å². The van der Waals surface area contributed by atoms with Gasteiger partial charge in [0.15, 0.2) is 0 Å². The van der Waals surface area contributed by atoms with Crippen molar-refractivity contribution in [3.05, 3.63) is 35.9 Å². The Kier molecular flexibility index (Phi) is 6.40. The fraction of sp³-hybridized carbons (Fsp3) is 0.529. The third-order valence-electron chi connectivity index (χ3n) is 3.99. The zero-order valence-electron chi connectivity index (χ0n) is 13.5. The van der Waals surface area contributed by atoms with Crippen LogP contribution in [0, 0.1) is 0 Å². The summed E-state index contributed by atoms with van der Waals surface area (Å²) in [5.74, 6) is -0.0610. The molecule has 6 nitrogen and oxygen atoms in total. The maximum atomic E-state index is 12.1. The van der Waals surface area contributed by atoms with Gasteiger partial charge in [-0.1, -0.05) is 30.3 Å². The molecule has 6 heteroatoms. The van der Waals surface area contributed by atoms with Crippen molar-refractivity contribution in [2.75, 3.05) is 13.1 Å². The molecule has 2 rings (SSSR count). The van der Waals surface area contributed by atoms with Crippen molar-refractivity contribution in [3.8, 4) is 0 Å². The van der Waals surface area contributed by atoms with Crippen molar-refractivity contribution in [2.24, 2.45) is 5.73 Å². The first-order valence-corrected chi connectivity index (χ1v) is 8.08. The molecule has 0 aliphatic carbocycles. The summed E-state index contributed by atoms with van der Waals surface area (Å²) in [6.07, 6.45) is 2.44. The third-order valence-corrected chi connectivity index (χ3v) is 3.99. The van der Waals surface area contributed by atoms with E-state index in [1.54, 1.807) is 11.8 Å². The lowest BCUT2D eigenvalue weighted by Crippen LogP contribution is -2.53. The van der Waals surface area contributed by atoms with Crippen molar-refractivity contribution < 1.29 is 14.3 Å². The molecule has 2 atom stereocenters. The number of hydrogen-bond acceptors (Lipinski definition) is 4. The van der Waals surface area contributed by atoms with Crippen LogP contribution in [0.3, 0.4) is 0 Å². The van der Waals surface area contributed by atoms with E-state index in [1.165, 1.54) is 0 Å². The smallest absolute Gasteiger partial charge is 0.407 e. The standard InChI is InChI=1S/C17H25N3O3/c1-13(18)16(21)20-10-6-5-9-15(20)11-19-17(22)23-12-14-7-3-2-4-8-14/h2-4,7-8,13,15H,5-6,9-12,18H2,1H3,(H,19,22)/t13-,15?/m0/s1. The molecule has 1 aromatic rings. The number of ether oxygens (including phenoxy) is 1. The molecule has 1 heterocycles. The summed E-state index contributed by atoms with van der Waals surface area (Å²) in [5.41, 5.74) is 6.63. The largest absolute Gasteiger partial charge is 0.445 e. The third kappa shape index (κ3) is 5.25. The molecule has 0 saturated carbocycles. The molecule has 1 saturated heterocycles. The Morgan fingerprint density at radius 2 is 2.09 bits per heavy atom. The van der Waals surface area contributed by atoms with Crippen molar-refractivity contribution >= 4 is 12.0 Å². The highest BCUT2D eigenvalue weighted by atomic mass is 16.5. The van der Waals surface area contributed by atoms with Gasteiger partial charge in [-0.3, -0.25) is 4.79 Å². The molecule has 0 aromatic heterocycles. The van der Waals surface area contributed by atoms with Crippen LogP contribution in [-0.4, -0.2) is 42.1 Å². The molecule has 1 fully saturated rings. The van der Waals surface area contributed by atoms with Gasteiger partial charge in [0.1, 0.15) is 6.61 Å². The zero-order chi connectivity index (χ0) is 16.7. The zero-order valence-corrected chi connectivity index (χ0v) is 13.5. The van der Waals surface area contributed by atoms with Crippen molar-refractivity contribution in [1.29, 1.82) is 0 Å². The first-order chi connectivity index (χ1) is 11.1. The van der Waals surface area contributed by atoms with E-state index in [2.05, 4.69) is 5.32 Å². The quantitative estimate of drug-likeness (QED) is 0.864. The van der Waals surface area contributed by atoms with E-state index in [0.717, 1.165) is 24.8 Å². The summed E-state index contributed by atoms with van der Waals surface area (Å²) in [5, 5.41) is 2.75. The number of carbonyl (C=O) groups is 2.